The monoisotopic (exact) mass is 464 g/mol. The molecule has 0 radical (unpaired) electrons. The molecule has 182 valence electrons. The fraction of sp³-hybridized carbons (Fsp3) is 0.778. The van der Waals surface area contributed by atoms with Crippen LogP contribution < -0.4 is 0 Å². The fourth-order valence-electron chi connectivity index (χ4n) is 5.80. The first-order valence-corrected chi connectivity index (χ1v) is 14.4. The second kappa shape index (κ2) is 11.2. The summed E-state index contributed by atoms with van der Waals surface area (Å²) < 4.78 is 27.5. The normalized spacial score (nSPS) is 34.4. The van der Waals surface area contributed by atoms with Crippen molar-refractivity contribution in [2.75, 3.05) is 0 Å². The molecule has 3 rings (SSSR count). The van der Waals surface area contributed by atoms with Gasteiger partial charge in [-0.15, -0.1) is 0 Å². The molecule has 1 aromatic carbocycles. The number of aliphatic hydroxyl groups excluding tert-OH is 1. The third kappa shape index (κ3) is 6.26. The first-order valence-electron chi connectivity index (χ1n) is 12.8. The van der Waals surface area contributed by atoms with Gasteiger partial charge in [0, 0.05) is 0 Å². The molecule has 0 spiro atoms. The van der Waals surface area contributed by atoms with E-state index in [1.54, 1.807) is 0 Å². The van der Waals surface area contributed by atoms with Crippen molar-refractivity contribution in [1.82, 2.24) is 0 Å². The summed E-state index contributed by atoms with van der Waals surface area (Å²) in [5, 5.41) is 11.4. The second-order valence-corrected chi connectivity index (χ2v) is 13.3. The molecule has 2 aliphatic rings. The Labute approximate surface area is 196 Å². The van der Waals surface area contributed by atoms with Crippen molar-refractivity contribution < 1.29 is 18.7 Å². The minimum absolute atomic E-state index is 0.151. The Balaban J connectivity index is 1.92. The van der Waals surface area contributed by atoms with Crippen LogP contribution in [0.3, 0.4) is 0 Å². The molecule has 1 unspecified atom stereocenters. The van der Waals surface area contributed by atoms with Gasteiger partial charge >= 0.3 is 7.60 Å². The molecule has 1 aromatic rings. The van der Waals surface area contributed by atoms with Gasteiger partial charge in [0.2, 0.25) is 0 Å². The Hall–Kier alpha value is -0.670. The highest BCUT2D eigenvalue weighted by Crippen LogP contribution is 2.64. The number of aliphatic hydroxyl groups is 1. The standard InChI is InChI=1S/C27H45O4P/c1-18(2)23-14-12-20(5)16-25(23)30-32(29,27(28)22-10-8-7-9-11-22)31-26-17-21(6)13-15-24(26)19(3)4/h7-11,18-21,23-28H,12-17H2,1-6H3/t20-,21-,23-,24+,25-,26-,27+,32?/m1/s1. The molecule has 2 fully saturated rings. The SMILES string of the molecule is CC(C)[C@H]1CC[C@@H](C)C[C@H]1OP(=O)(O[C@@H]1C[C@H](C)CC[C@H]1C(C)C)[C@H](O)c1ccccc1. The van der Waals surface area contributed by atoms with Crippen LogP contribution in [0.5, 0.6) is 0 Å². The predicted octanol–water partition coefficient (Wildman–Crippen LogP) is 7.83. The first kappa shape index (κ1) is 25.9. The highest BCUT2D eigenvalue weighted by atomic mass is 31.2. The molecule has 0 aromatic heterocycles. The Morgan fingerprint density at radius 2 is 1.25 bits per heavy atom. The van der Waals surface area contributed by atoms with Crippen LogP contribution in [0.4, 0.5) is 0 Å². The van der Waals surface area contributed by atoms with Gasteiger partial charge in [0.15, 0.2) is 5.85 Å². The van der Waals surface area contributed by atoms with Crippen LogP contribution in [0.1, 0.15) is 91.5 Å². The Morgan fingerprint density at radius 1 is 0.812 bits per heavy atom. The zero-order chi connectivity index (χ0) is 23.5. The summed E-state index contributed by atoms with van der Waals surface area (Å²) in [7, 11) is -3.82. The Morgan fingerprint density at radius 3 is 1.66 bits per heavy atom. The zero-order valence-corrected chi connectivity index (χ0v) is 21.8. The van der Waals surface area contributed by atoms with Crippen molar-refractivity contribution in [3.63, 3.8) is 0 Å². The lowest BCUT2D eigenvalue weighted by molar-refractivity contribution is -0.0153. The number of benzene rings is 1. The molecule has 32 heavy (non-hydrogen) atoms. The van der Waals surface area contributed by atoms with E-state index in [0.29, 0.717) is 41.1 Å². The summed E-state index contributed by atoms with van der Waals surface area (Å²) in [4.78, 5) is 0. The van der Waals surface area contributed by atoms with Gasteiger partial charge in [-0.25, -0.2) is 0 Å². The molecule has 0 heterocycles. The van der Waals surface area contributed by atoms with Gasteiger partial charge < -0.3 is 14.2 Å². The minimum Gasteiger partial charge on any atom is -0.376 e. The molecular formula is C27H45O4P. The fourth-order valence-corrected chi connectivity index (χ4v) is 7.85. The van der Waals surface area contributed by atoms with Crippen molar-refractivity contribution in [1.29, 1.82) is 0 Å². The molecule has 2 saturated carbocycles. The molecule has 0 saturated heterocycles. The summed E-state index contributed by atoms with van der Waals surface area (Å²) in [5.41, 5.74) is 0.603. The van der Waals surface area contributed by atoms with Crippen LogP contribution in [0.15, 0.2) is 30.3 Å². The lowest BCUT2D eigenvalue weighted by Crippen LogP contribution is -2.37. The maximum atomic E-state index is 14.5. The molecule has 8 atom stereocenters. The van der Waals surface area contributed by atoms with E-state index in [-0.39, 0.29) is 12.2 Å². The number of hydrogen-bond acceptors (Lipinski definition) is 4. The molecule has 2 aliphatic carbocycles. The molecule has 1 N–H and O–H groups in total. The van der Waals surface area contributed by atoms with Crippen LogP contribution in [0.25, 0.3) is 0 Å². The van der Waals surface area contributed by atoms with Gasteiger partial charge in [-0.2, -0.15) is 0 Å². The second-order valence-electron chi connectivity index (χ2n) is 11.3. The molecule has 0 amide bonds. The average Bonchev–Trinajstić information content (AvgIpc) is 2.73. The van der Waals surface area contributed by atoms with Crippen LogP contribution in [0, 0.1) is 35.5 Å². The van der Waals surface area contributed by atoms with Gasteiger partial charge in [-0.3, -0.25) is 4.57 Å². The lowest BCUT2D eigenvalue weighted by Gasteiger charge is -2.42. The van der Waals surface area contributed by atoms with Crippen molar-refractivity contribution in [3.05, 3.63) is 35.9 Å². The summed E-state index contributed by atoms with van der Waals surface area (Å²) in [6.45, 7) is 13.3. The quantitative estimate of drug-likeness (QED) is 0.398. The third-order valence-corrected chi connectivity index (χ3v) is 9.91. The zero-order valence-electron chi connectivity index (χ0n) is 20.9. The number of hydrogen-bond donors (Lipinski definition) is 1. The van der Waals surface area contributed by atoms with Crippen LogP contribution >= 0.6 is 7.60 Å². The van der Waals surface area contributed by atoms with Gasteiger partial charge in [0.1, 0.15) is 0 Å². The minimum atomic E-state index is -3.82. The third-order valence-electron chi connectivity index (χ3n) is 7.88. The van der Waals surface area contributed by atoms with Gasteiger partial charge in [-0.05, 0) is 66.8 Å². The molecule has 0 bridgehead atoms. The molecular weight excluding hydrogens is 419 g/mol. The maximum Gasteiger partial charge on any atom is 0.363 e. The maximum absolute atomic E-state index is 14.5. The van der Waals surface area contributed by atoms with Crippen LogP contribution in [-0.4, -0.2) is 17.3 Å². The summed E-state index contributed by atoms with van der Waals surface area (Å²) in [6, 6.07) is 9.26. The lowest BCUT2D eigenvalue weighted by atomic mass is 9.75. The van der Waals surface area contributed by atoms with Crippen molar-refractivity contribution in [2.24, 2.45) is 35.5 Å². The molecule has 4 nitrogen and oxygen atoms in total. The highest BCUT2D eigenvalue weighted by Gasteiger charge is 2.46. The topological polar surface area (TPSA) is 55.8 Å². The predicted molar refractivity (Wildman–Crippen MR) is 131 cm³/mol. The summed E-state index contributed by atoms with van der Waals surface area (Å²) in [5.74, 6) is 1.32. The average molecular weight is 465 g/mol. The molecule has 0 aliphatic heterocycles. The van der Waals surface area contributed by atoms with E-state index in [4.69, 9.17) is 9.05 Å². The van der Waals surface area contributed by atoms with Crippen molar-refractivity contribution in [2.45, 2.75) is 98.1 Å². The largest absolute Gasteiger partial charge is 0.376 e. The van der Waals surface area contributed by atoms with Crippen molar-refractivity contribution >= 4 is 7.60 Å². The van der Waals surface area contributed by atoms with E-state index in [1.165, 1.54) is 12.8 Å². The van der Waals surface area contributed by atoms with Gasteiger partial charge in [0.25, 0.3) is 0 Å². The van der Waals surface area contributed by atoms with E-state index >= 15 is 0 Å². The smallest absolute Gasteiger partial charge is 0.363 e. The molecule has 5 heteroatoms. The van der Waals surface area contributed by atoms with E-state index in [2.05, 4.69) is 41.5 Å². The van der Waals surface area contributed by atoms with E-state index in [9.17, 15) is 9.67 Å². The van der Waals surface area contributed by atoms with Crippen molar-refractivity contribution in [3.8, 4) is 0 Å². The highest BCUT2D eigenvalue weighted by molar-refractivity contribution is 7.54. The summed E-state index contributed by atoms with van der Waals surface area (Å²) >= 11 is 0. The Kier molecular flexibility index (Phi) is 9.06. The first-order chi connectivity index (χ1) is 15.1. The van der Waals surface area contributed by atoms with Crippen LogP contribution in [0.2, 0.25) is 0 Å². The Bertz CT molecular complexity index is 711. The summed E-state index contributed by atoms with van der Waals surface area (Å²) in [6.07, 6.45) is 5.91. The van der Waals surface area contributed by atoms with Gasteiger partial charge in [-0.1, -0.05) is 84.7 Å². The van der Waals surface area contributed by atoms with E-state index in [0.717, 1.165) is 25.7 Å². The van der Waals surface area contributed by atoms with Crippen LogP contribution in [-0.2, 0) is 13.6 Å². The number of rotatable bonds is 8. The van der Waals surface area contributed by atoms with Gasteiger partial charge in [0.05, 0.1) is 12.2 Å². The van der Waals surface area contributed by atoms with E-state index < -0.39 is 13.4 Å². The van der Waals surface area contributed by atoms with E-state index in [1.807, 2.05) is 30.3 Å².